The number of carbonyl (C=O) groups excluding carboxylic acids is 1. The highest BCUT2D eigenvalue weighted by Gasteiger charge is 2.27. The molecule has 1 heterocycles. The van der Waals surface area contributed by atoms with Crippen molar-refractivity contribution in [2.45, 2.75) is 38.1 Å². The first-order valence-corrected chi connectivity index (χ1v) is 10.4. The molecule has 1 aliphatic heterocycles. The predicted octanol–water partition coefficient (Wildman–Crippen LogP) is 3.34. The van der Waals surface area contributed by atoms with Crippen molar-refractivity contribution in [2.75, 3.05) is 18.0 Å². The number of nitrogens with zero attached hydrogens (tertiary/aromatic N) is 2. The van der Waals surface area contributed by atoms with E-state index in [-0.39, 0.29) is 29.7 Å². The van der Waals surface area contributed by atoms with Crippen LogP contribution in [0.25, 0.3) is 0 Å². The number of anilines is 1. The van der Waals surface area contributed by atoms with E-state index in [0.29, 0.717) is 12.1 Å². The van der Waals surface area contributed by atoms with E-state index in [0.717, 1.165) is 24.1 Å². The Kier molecular flexibility index (Phi) is 5.62. The van der Waals surface area contributed by atoms with Crippen LogP contribution < -0.4 is 4.90 Å². The van der Waals surface area contributed by atoms with Gasteiger partial charge in [0.15, 0.2) is 0 Å². The van der Waals surface area contributed by atoms with Gasteiger partial charge in [0.1, 0.15) is 5.82 Å². The van der Waals surface area contributed by atoms with Gasteiger partial charge in [0.05, 0.1) is 4.90 Å². The van der Waals surface area contributed by atoms with E-state index < -0.39 is 10.0 Å². The molecule has 0 radical (unpaired) electrons. The highest BCUT2D eigenvalue weighted by atomic mass is 32.2. The molecule has 2 aromatic rings. The van der Waals surface area contributed by atoms with E-state index in [1.165, 1.54) is 23.4 Å². The number of fused-ring (bicyclic) bond motifs is 1. The number of sulfonamides is 1. The molecule has 0 aliphatic carbocycles. The first kappa shape index (κ1) is 19.5. The van der Waals surface area contributed by atoms with E-state index in [1.807, 2.05) is 0 Å². The van der Waals surface area contributed by atoms with Crippen LogP contribution in [0.2, 0.25) is 0 Å². The molecule has 0 spiro atoms. The third kappa shape index (κ3) is 4.04. The number of hydrogen-bond donors (Lipinski definition) is 0. The second-order valence-corrected chi connectivity index (χ2v) is 8.56. The molecule has 1 aliphatic rings. The summed E-state index contributed by atoms with van der Waals surface area (Å²) in [5.41, 5.74) is 2.24. The van der Waals surface area contributed by atoms with Crippen LogP contribution in [-0.4, -0.2) is 31.7 Å². The summed E-state index contributed by atoms with van der Waals surface area (Å²) < 4.78 is 41.0. The van der Waals surface area contributed by atoms with E-state index in [9.17, 15) is 17.6 Å². The van der Waals surface area contributed by atoms with Crippen molar-refractivity contribution in [3.63, 3.8) is 0 Å². The van der Waals surface area contributed by atoms with Crippen LogP contribution in [-0.2, 0) is 27.8 Å². The molecule has 0 unspecified atom stereocenters. The average Bonchev–Trinajstić information content (AvgIpc) is 2.64. The fourth-order valence-corrected chi connectivity index (χ4v) is 4.90. The van der Waals surface area contributed by atoms with Gasteiger partial charge in [-0.1, -0.05) is 19.1 Å². The molecule has 0 atom stereocenters. The van der Waals surface area contributed by atoms with E-state index in [1.54, 1.807) is 42.2 Å². The van der Waals surface area contributed by atoms with Crippen molar-refractivity contribution < 1.29 is 17.6 Å². The Hall–Kier alpha value is -2.25. The normalized spacial score (nSPS) is 14.3. The fraction of sp³-hybridized carbons (Fsp3) is 0.350. The van der Waals surface area contributed by atoms with Crippen LogP contribution in [0.4, 0.5) is 10.1 Å². The number of hydrogen-bond acceptors (Lipinski definition) is 3. The van der Waals surface area contributed by atoms with Gasteiger partial charge < -0.3 is 4.90 Å². The maximum Gasteiger partial charge on any atom is 0.243 e. The highest BCUT2D eigenvalue weighted by Crippen LogP contribution is 2.30. The van der Waals surface area contributed by atoms with Gasteiger partial charge >= 0.3 is 0 Å². The summed E-state index contributed by atoms with van der Waals surface area (Å²) in [4.78, 5) is 13.7. The first-order valence-electron chi connectivity index (χ1n) is 8.98. The molecule has 5 nitrogen and oxygen atoms in total. The predicted molar refractivity (Wildman–Crippen MR) is 102 cm³/mol. The third-order valence-electron chi connectivity index (χ3n) is 4.79. The molecule has 0 aromatic heterocycles. The van der Waals surface area contributed by atoms with Gasteiger partial charge in [-0.2, -0.15) is 4.31 Å². The Labute approximate surface area is 159 Å². The number of amides is 1. The van der Waals surface area contributed by atoms with Crippen LogP contribution in [0.3, 0.4) is 0 Å². The average molecular weight is 390 g/mol. The van der Waals surface area contributed by atoms with Gasteiger partial charge in [0.2, 0.25) is 15.9 Å². The molecular formula is C20H23FN2O3S. The Morgan fingerprint density at radius 3 is 2.67 bits per heavy atom. The zero-order valence-electron chi connectivity index (χ0n) is 15.5. The Bertz CT molecular complexity index is 959. The number of benzene rings is 2. The number of rotatable bonds is 5. The van der Waals surface area contributed by atoms with Crippen molar-refractivity contribution in [1.82, 2.24) is 4.31 Å². The Balaban J connectivity index is 1.92. The molecule has 27 heavy (non-hydrogen) atoms. The minimum Gasteiger partial charge on any atom is -0.312 e. The fourth-order valence-electron chi connectivity index (χ4n) is 3.42. The lowest BCUT2D eigenvalue weighted by Crippen LogP contribution is -2.34. The van der Waals surface area contributed by atoms with Gasteiger partial charge in [-0.15, -0.1) is 0 Å². The summed E-state index contributed by atoms with van der Waals surface area (Å²) in [7, 11) is -3.73. The van der Waals surface area contributed by atoms with Gasteiger partial charge in [0.25, 0.3) is 0 Å². The molecule has 7 heteroatoms. The maximum atomic E-state index is 13.4. The SMILES string of the molecule is CCN(Cc1cccc(F)c1)S(=O)(=O)c1ccc2c(c1)CCCN2C(C)=O. The minimum atomic E-state index is -3.73. The van der Waals surface area contributed by atoms with E-state index in [2.05, 4.69) is 0 Å². The zero-order valence-corrected chi connectivity index (χ0v) is 16.3. The van der Waals surface area contributed by atoms with Crippen molar-refractivity contribution in [3.05, 3.63) is 59.4 Å². The van der Waals surface area contributed by atoms with Gasteiger partial charge in [-0.05, 0) is 54.3 Å². The summed E-state index contributed by atoms with van der Waals surface area (Å²) in [5.74, 6) is -0.438. The summed E-state index contributed by atoms with van der Waals surface area (Å²) in [6.45, 7) is 4.29. The molecule has 0 bridgehead atoms. The molecule has 144 valence electrons. The summed E-state index contributed by atoms with van der Waals surface area (Å²) >= 11 is 0. The summed E-state index contributed by atoms with van der Waals surface area (Å²) in [5, 5.41) is 0. The Morgan fingerprint density at radius 2 is 2.00 bits per heavy atom. The van der Waals surface area contributed by atoms with E-state index >= 15 is 0 Å². The number of aryl methyl sites for hydroxylation is 1. The van der Waals surface area contributed by atoms with E-state index in [4.69, 9.17) is 0 Å². The van der Waals surface area contributed by atoms with Crippen molar-refractivity contribution in [2.24, 2.45) is 0 Å². The largest absolute Gasteiger partial charge is 0.312 e. The quantitative estimate of drug-likeness (QED) is 0.787. The van der Waals surface area contributed by atoms with Crippen LogP contribution in [0.15, 0.2) is 47.4 Å². The smallest absolute Gasteiger partial charge is 0.243 e. The van der Waals surface area contributed by atoms with Crippen LogP contribution >= 0.6 is 0 Å². The van der Waals surface area contributed by atoms with Gasteiger partial charge in [-0.25, -0.2) is 12.8 Å². The van der Waals surface area contributed by atoms with Crippen molar-refractivity contribution in [3.8, 4) is 0 Å². The van der Waals surface area contributed by atoms with Crippen LogP contribution in [0.1, 0.15) is 31.4 Å². The molecule has 0 saturated carbocycles. The standard InChI is InChI=1S/C20H23FN2O3S/c1-3-22(14-16-6-4-8-18(21)12-16)27(25,26)19-9-10-20-17(13-19)7-5-11-23(20)15(2)24/h4,6,8-10,12-13H,3,5,7,11,14H2,1-2H3. The third-order valence-corrected chi connectivity index (χ3v) is 6.70. The lowest BCUT2D eigenvalue weighted by molar-refractivity contribution is -0.116. The zero-order chi connectivity index (χ0) is 19.6. The molecule has 2 aromatic carbocycles. The minimum absolute atomic E-state index is 0.0483. The molecule has 1 amide bonds. The second kappa shape index (κ2) is 7.78. The van der Waals surface area contributed by atoms with Gasteiger partial charge in [-0.3, -0.25) is 4.79 Å². The molecule has 0 saturated heterocycles. The van der Waals surface area contributed by atoms with Crippen LogP contribution in [0, 0.1) is 5.82 Å². The number of halogens is 1. The van der Waals surface area contributed by atoms with Crippen molar-refractivity contribution in [1.29, 1.82) is 0 Å². The van der Waals surface area contributed by atoms with Crippen molar-refractivity contribution >= 4 is 21.6 Å². The lowest BCUT2D eigenvalue weighted by Gasteiger charge is -2.29. The highest BCUT2D eigenvalue weighted by molar-refractivity contribution is 7.89. The summed E-state index contributed by atoms with van der Waals surface area (Å²) in [6.07, 6.45) is 1.54. The lowest BCUT2D eigenvalue weighted by atomic mass is 10.0. The second-order valence-electron chi connectivity index (χ2n) is 6.63. The molecule has 0 N–H and O–H groups in total. The maximum absolute atomic E-state index is 13.4. The molecular weight excluding hydrogens is 367 g/mol. The van der Waals surface area contributed by atoms with Gasteiger partial charge in [0, 0.05) is 32.2 Å². The monoisotopic (exact) mass is 390 g/mol. The van der Waals surface area contributed by atoms with Crippen LogP contribution in [0.5, 0.6) is 0 Å². The number of carbonyl (C=O) groups is 1. The first-order chi connectivity index (χ1) is 12.8. The Morgan fingerprint density at radius 1 is 1.22 bits per heavy atom. The molecule has 0 fully saturated rings. The molecule has 3 rings (SSSR count). The topological polar surface area (TPSA) is 57.7 Å². The summed E-state index contributed by atoms with van der Waals surface area (Å²) in [6, 6.07) is 10.9.